The Labute approximate surface area is 119 Å². The molecule has 2 rings (SSSR count). The monoisotopic (exact) mass is 300 g/mol. The molecule has 112 valence electrons. The Hall–Kier alpha value is -1.14. The van der Waals surface area contributed by atoms with Crippen molar-refractivity contribution in [2.24, 2.45) is 5.92 Å². The molecule has 1 aliphatic rings. The summed E-state index contributed by atoms with van der Waals surface area (Å²) in [5, 5.41) is 0. The number of anilines is 1. The first-order chi connectivity index (χ1) is 9.34. The Morgan fingerprint density at radius 3 is 2.55 bits per heavy atom. The van der Waals surface area contributed by atoms with E-state index in [1.54, 1.807) is 0 Å². The Kier molecular flexibility index (Phi) is 4.34. The molecule has 0 spiro atoms. The predicted molar refractivity (Wildman–Crippen MR) is 77.2 cm³/mol. The van der Waals surface area contributed by atoms with E-state index in [2.05, 4.69) is 0 Å². The van der Waals surface area contributed by atoms with Gasteiger partial charge in [0.25, 0.3) is 0 Å². The summed E-state index contributed by atoms with van der Waals surface area (Å²) in [6.45, 7) is 4.49. The lowest BCUT2D eigenvalue weighted by Gasteiger charge is -2.23. The summed E-state index contributed by atoms with van der Waals surface area (Å²) in [5.74, 6) is -0.385. The topological polar surface area (TPSA) is 63.4 Å². The second kappa shape index (κ2) is 5.69. The summed E-state index contributed by atoms with van der Waals surface area (Å²) in [7, 11) is -3.86. The van der Waals surface area contributed by atoms with E-state index < -0.39 is 15.8 Å². The number of sulfonamides is 1. The standard InChI is InChI=1S/C14H21FN2O2S/c1-10(2)8-9-17(11-6-7-11)20(18,19)14-12(15)4-3-5-13(14)16/h3-5,10-11H,6-9,16H2,1-2H3. The number of nitrogens with two attached hydrogens (primary N) is 1. The molecule has 20 heavy (non-hydrogen) atoms. The Morgan fingerprint density at radius 1 is 1.40 bits per heavy atom. The van der Waals surface area contributed by atoms with Gasteiger partial charge in [0.1, 0.15) is 10.7 Å². The van der Waals surface area contributed by atoms with Crippen LogP contribution in [0.3, 0.4) is 0 Å². The minimum Gasteiger partial charge on any atom is -0.398 e. The second-order valence-electron chi connectivity index (χ2n) is 5.69. The van der Waals surface area contributed by atoms with Crippen LogP contribution < -0.4 is 5.73 Å². The summed E-state index contributed by atoms with van der Waals surface area (Å²) in [6.07, 6.45) is 2.43. The van der Waals surface area contributed by atoms with Gasteiger partial charge in [0.15, 0.2) is 0 Å². The van der Waals surface area contributed by atoms with Gasteiger partial charge in [-0.15, -0.1) is 0 Å². The van der Waals surface area contributed by atoms with Crippen LogP contribution in [0.4, 0.5) is 10.1 Å². The van der Waals surface area contributed by atoms with Gasteiger partial charge in [-0.25, -0.2) is 12.8 Å². The summed E-state index contributed by atoms with van der Waals surface area (Å²) < 4.78 is 40.7. The molecule has 0 radical (unpaired) electrons. The quantitative estimate of drug-likeness (QED) is 0.821. The molecule has 0 saturated heterocycles. The fraction of sp³-hybridized carbons (Fsp3) is 0.571. The maximum absolute atomic E-state index is 13.9. The van der Waals surface area contributed by atoms with Gasteiger partial charge in [-0.2, -0.15) is 4.31 Å². The summed E-state index contributed by atoms with van der Waals surface area (Å²) in [6, 6.07) is 3.97. The summed E-state index contributed by atoms with van der Waals surface area (Å²) in [5.41, 5.74) is 5.65. The molecule has 0 atom stereocenters. The van der Waals surface area contributed by atoms with Crippen molar-refractivity contribution in [3.05, 3.63) is 24.0 Å². The van der Waals surface area contributed by atoms with Gasteiger partial charge in [-0.3, -0.25) is 0 Å². The molecule has 1 aromatic rings. The van der Waals surface area contributed by atoms with E-state index in [4.69, 9.17) is 5.73 Å². The minimum atomic E-state index is -3.86. The molecule has 0 amide bonds. The summed E-state index contributed by atoms with van der Waals surface area (Å²) >= 11 is 0. The zero-order valence-electron chi connectivity index (χ0n) is 11.8. The lowest BCUT2D eigenvalue weighted by Crippen LogP contribution is -2.35. The normalized spacial score (nSPS) is 16.1. The number of nitrogens with zero attached hydrogens (tertiary/aromatic N) is 1. The van der Waals surface area contributed by atoms with E-state index in [0.29, 0.717) is 12.5 Å². The van der Waals surface area contributed by atoms with Crippen molar-refractivity contribution in [1.29, 1.82) is 0 Å². The van der Waals surface area contributed by atoms with Crippen molar-refractivity contribution >= 4 is 15.7 Å². The molecule has 1 aromatic carbocycles. The van der Waals surface area contributed by atoms with Crippen LogP contribution in [-0.4, -0.2) is 25.3 Å². The fourth-order valence-corrected chi connectivity index (χ4v) is 4.03. The van der Waals surface area contributed by atoms with Gasteiger partial charge in [-0.1, -0.05) is 19.9 Å². The largest absolute Gasteiger partial charge is 0.398 e. The van der Waals surface area contributed by atoms with Crippen LogP contribution in [0.2, 0.25) is 0 Å². The molecule has 0 unspecified atom stereocenters. The van der Waals surface area contributed by atoms with E-state index in [9.17, 15) is 12.8 Å². The number of nitrogen functional groups attached to an aromatic ring is 1. The van der Waals surface area contributed by atoms with Gasteiger partial charge < -0.3 is 5.73 Å². The van der Waals surface area contributed by atoms with Crippen LogP contribution in [0.15, 0.2) is 23.1 Å². The Bertz CT molecular complexity index is 563. The predicted octanol–water partition coefficient (Wildman–Crippen LogP) is 2.61. The summed E-state index contributed by atoms with van der Waals surface area (Å²) in [4.78, 5) is -0.379. The first kappa shape index (κ1) is 15.3. The lowest BCUT2D eigenvalue weighted by molar-refractivity contribution is 0.371. The van der Waals surface area contributed by atoms with Crippen LogP contribution in [0.1, 0.15) is 33.1 Å². The van der Waals surface area contributed by atoms with Crippen molar-refractivity contribution in [3.8, 4) is 0 Å². The van der Waals surface area contributed by atoms with Crippen LogP contribution in [0.25, 0.3) is 0 Å². The molecule has 4 nitrogen and oxygen atoms in total. The van der Waals surface area contributed by atoms with Crippen molar-refractivity contribution in [1.82, 2.24) is 4.31 Å². The fourth-order valence-electron chi connectivity index (χ4n) is 2.16. The molecule has 1 saturated carbocycles. The molecular formula is C14H21FN2O2S. The van der Waals surface area contributed by atoms with Crippen LogP contribution in [0.5, 0.6) is 0 Å². The maximum Gasteiger partial charge on any atom is 0.248 e. The van der Waals surface area contributed by atoms with Crippen molar-refractivity contribution in [2.45, 2.75) is 44.0 Å². The highest BCUT2D eigenvalue weighted by molar-refractivity contribution is 7.89. The number of benzene rings is 1. The SMILES string of the molecule is CC(C)CCN(C1CC1)S(=O)(=O)c1c(N)cccc1F. The smallest absolute Gasteiger partial charge is 0.248 e. The minimum absolute atomic E-state index is 0.00208. The second-order valence-corrected chi connectivity index (χ2v) is 7.52. The van der Waals surface area contributed by atoms with E-state index >= 15 is 0 Å². The lowest BCUT2D eigenvalue weighted by atomic mass is 10.1. The maximum atomic E-state index is 13.9. The van der Waals surface area contributed by atoms with Crippen molar-refractivity contribution < 1.29 is 12.8 Å². The van der Waals surface area contributed by atoms with Crippen LogP contribution in [0, 0.1) is 11.7 Å². The zero-order chi connectivity index (χ0) is 14.9. The van der Waals surface area contributed by atoms with Gasteiger partial charge in [0.05, 0.1) is 5.69 Å². The molecule has 1 fully saturated rings. The molecule has 0 bridgehead atoms. The van der Waals surface area contributed by atoms with Gasteiger partial charge in [-0.05, 0) is 37.3 Å². The average molecular weight is 300 g/mol. The first-order valence-corrected chi connectivity index (χ1v) is 8.34. The molecule has 0 heterocycles. The first-order valence-electron chi connectivity index (χ1n) is 6.90. The highest BCUT2D eigenvalue weighted by Crippen LogP contribution is 2.35. The average Bonchev–Trinajstić information content (AvgIpc) is 3.12. The third kappa shape index (κ3) is 3.12. The number of rotatable bonds is 6. The highest BCUT2D eigenvalue weighted by Gasteiger charge is 2.39. The van der Waals surface area contributed by atoms with Gasteiger partial charge >= 0.3 is 0 Å². The molecule has 1 aliphatic carbocycles. The third-order valence-corrected chi connectivity index (χ3v) is 5.49. The van der Waals surface area contributed by atoms with E-state index in [-0.39, 0.29) is 16.6 Å². The Balaban J connectivity index is 2.35. The highest BCUT2D eigenvalue weighted by atomic mass is 32.2. The Morgan fingerprint density at radius 2 is 2.05 bits per heavy atom. The van der Waals surface area contributed by atoms with Crippen LogP contribution >= 0.6 is 0 Å². The van der Waals surface area contributed by atoms with Gasteiger partial charge in [0, 0.05) is 12.6 Å². The van der Waals surface area contributed by atoms with E-state index in [1.165, 1.54) is 16.4 Å². The molecule has 6 heteroatoms. The van der Waals surface area contributed by atoms with E-state index in [1.807, 2.05) is 13.8 Å². The van der Waals surface area contributed by atoms with Crippen LogP contribution in [-0.2, 0) is 10.0 Å². The molecule has 0 aliphatic heterocycles. The van der Waals surface area contributed by atoms with Crippen molar-refractivity contribution in [2.75, 3.05) is 12.3 Å². The van der Waals surface area contributed by atoms with Gasteiger partial charge in [0.2, 0.25) is 10.0 Å². The number of hydrogen-bond donors (Lipinski definition) is 1. The zero-order valence-corrected chi connectivity index (χ0v) is 12.7. The van der Waals surface area contributed by atoms with E-state index in [0.717, 1.165) is 25.3 Å². The molecular weight excluding hydrogens is 279 g/mol. The molecule has 0 aromatic heterocycles. The molecule has 2 N–H and O–H groups in total. The number of hydrogen-bond acceptors (Lipinski definition) is 3. The third-order valence-electron chi connectivity index (χ3n) is 3.45. The van der Waals surface area contributed by atoms with Crippen molar-refractivity contribution in [3.63, 3.8) is 0 Å². The number of halogens is 1.